The van der Waals surface area contributed by atoms with Crippen LogP contribution in [-0.4, -0.2) is 68.6 Å². The molecule has 0 unspecified atom stereocenters. The van der Waals surface area contributed by atoms with E-state index in [9.17, 15) is 4.79 Å². The van der Waals surface area contributed by atoms with E-state index in [1.165, 1.54) is 6.42 Å². The van der Waals surface area contributed by atoms with E-state index in [1.54, 1.807) is 7.11 Å². The van der Waals surface area contributed by atoms with Gasteiger partial charge in [-0.1, -0.05) is 6.07 Å². The maximum atomic E-state index is 12.6. The summed E-state index contributed by atoms with van der Waals surface area (Å²) in [4.78, 5) is 17.0. The fourth-order valence-electron chi connectivity index (χ4n) is 3.31. The summed E-state index contributed by atoms with van der Waals surface area (Å²) in [5.41, 5.74) is 0.716. The van der Waals surface area contributed by atoms with Crippen molar-refractivity contribution in [1.29, 1.82) is 0 Å². The van der Waals surface area contributed by atoms with Crippen LogP contribution in [0.25, 0.3) is 0 Å². The van der Waals surface area contributed by atoms with Crippen molar-refractivity contribution in [2.24, 2.45) is 5.92 Å². The van der Waals surface area contributed by atoms with E-state index < -0.39 is 0 Å². The third kappa shape index (κ3) is 3.59. The number of methoxy groups -OCH3 is 1. The van der Waals surface area contributed by atoms with E-state index in [1.807, 2.05) is 29.2 Å². The van der Waals surface area contributed by atoms with E-state index in [0.29, 0.717) is 5.56 Å². The first-order chi connectivity index (χ1) is 10.8. The summed E-state index contributed by atoms with van der Waals surface area (Å²) in [6.45, 7) is 7.04. The van der Waals surface area contributed by atoms with Crippen molar-refractivity contribution in [3.8, 4) is 5.75 Å². The lowest BCUT2D eigenvalue weighted by Gasteiger charge is -2.36. The number of amides is 1. The molecule has 0 spiro atoms. The molecule has 0 radical (unpaired) electrons. The molecule has 1 atom stereocenters. The number of piperazine rings is 1. The second kappa shape index (κ2) is 7.11. The second-order valence-electron chi connectivity index (χ2n) is 6.18. The summed E-state index contributed by atoms with van der Waals surface area (Å²) in [6, 6.07) is 7.42. The van der Waals surface area contributed by atoms with E-state index in [4.69, 9.17) is 4.74 Å². The normalized spacial score (nSPS) is 22.8. The number of carbonyl (C=O) groups excluding carboxylic acids is 1. The van der Waals surface area contributed by atoms with Gasteiger partial charge in [0.2, 0.25) is 0 Å². The van der Waals surface area contributed by atoms with Crippen LogP contribution < -0.4 is 10.1 Å². The molecule has 2 heterocycles. The zero-order chi connectivity index (χ0) is 15.4. The Kier molecular flexibility index (Phi) is 4.95. The monoisotopic (exact) mass is 303 g/mol. The third-order valence-corrected chi connectivity index (χ3v) is 4.65. The van der Waals surface area contributed by atoms with Gasteiger partial charge in [-0.05, 0) is 43.6 Å². The molecule has 1 N–H and O–H groups in total. The number of hydrogen-bond acceptors (Lipinski definition) is 4. The van der Waals surface area contributed by atoms with Gasteiger partial charge in [-0.3, -0.25) is 9.69 Å². The quantitative estimate of drug-likeness (QED) is 0.903. The largest absolute Gasteiger partial charge is 0.497 e. The molecule has 2 aliphatic heterocycles. The highest BCUT2D eigenvalue weighted by Gasteiger charge is 2.25. The standard InChI is InChI=1S/C17H25N3O2/c1-22-16-4-2-3-15(11-16)17(21)20-9-7-19(8-10-20)13-14-5-6-18-12-14/h2-4,11,14,18H,5-10,12-13H2,1H3/t14-/m1/s1. The number of nitrogens with one attached hydrogen (secondary N) is 1. The van der Waals surface area contributed by atoms with Crippen LogP contribution in [0.2, 0.25) is 0 Å². The summed E-state index contributed by atoms with van der Waals surface area (Å²) in [6.07, 6.45) is 1.28. The lowest BCUT2D eigenvalue weighted by atomic mass is 10.1. The van der Waals surface area contributed by atoms with Gasteiger partial charge in [0.25, 0.3) is 5.91 Å². The number of ether oxygens (including phenoxy) is 1. The minimum atomic E-state index is 0.112. The Bertz CT molecular complexity index is 506. The van der Waals surface area contributed by atoms with Crippen molar-refractivity contribution in [2.75, 3.05) is 52.9 Å². The molecule has 3 rings (SSSR count). The molecule has 2 aliphatic rings. The van der Waals surface area contributed by atoms with Crippen LogP contribution in [0, 0.1) is 5.92 Å². The highest BCUT2D eigenvalue weighted by atomic mass is 16.5. The fraction of sp³-hybridized carbons (Fsp3) is 0.588. The minimum Gasteiger partial charge on any atom is -0.497 e. The van der Waals surface area contributed by atoms with Crippen molar-refractivity contribution >= 4 is 5.91 Å². The van der Waals surface area contributed by atoms with Gasteiger partial charge in [-0.2, -0.15) is 0 Å². The van der Waals surface area contributed by atoms with Crippen molar-refractivity contribution in [3.05, 3.63) is 29.8 Å². The number of benzene rings is 1. The molecular formula is C17H25N3O2. The average molecular weight is 303 g/mol. The van der Waals surface area contributed by atoms with Gasteiger partial charge in [0, 0.05) is 38.3 Å². The Labute approximate surface area is 132 Å². The Morgan fingerprint density at radius 3 is 2.82 bits per heavy atom. The van der Waals surface area contributed by atoms with Crippen molar-refractivity contribution in [2.45, 2.75) is 6.42 Å². The topological polar surface area (TPSA) is 44.8 Å². The molecule has 5 heteroatoms. The predicted octanol–water partition coefficient (Wildman–Crippen LogP) is 1.06. The highest BCUT2D eigenvalue weighted by molar-refractivity contribution is 5.94. The second-order valence-corrected chi connectivity index (χ2v) is 6.18. The molecular weight excluding hydrogens is 278 g/mol. The zero-order valence-electron chi connectivity index (χ0n) is 13.3. The van der Waals surface area contributed by atoms with E-state index >= 15 is 0 Å². The number of nitrogens with zero attached hydrogens (tertiary/aromatic N) is 2. The van der Waals surface area contributed by atoms with Gasteiger partial charge in [0.1, 0.15) is 5.75 Å². The molecule has 120 valence electrons. The Hall–Kier alpha value is -1.59. The van der Waals surface area contributed by atoms with Gasteiger partial charge in [-0.25, -0.2) is 0 Å². The summed E-state index contributed by atoms with van der Waals surface area (Å²) in [7, 11) is 1.63. The van der Waals surface area contributed by atoms with Gasteiger partial charge in [0.15, 0.2) is 0 Å². The highest BCUT2D eigenvalue weighted by Crippen LogP contribution is 2.16. The molecule has 0 saturated carbocycles. The maximum Gasteiger partial charge on any atom is 0.254 e. The molecule has 0 aromatic heterocycles. The van der Waals surface area contributed by atoms with Crippen LogP contribution in [0.3, 0.4) is 0 Å². The SMILES string of the molecule is COc1cccc(C(=O)N2CCN(C[C@@H]3CCNC3)CC2)c1. The van der Waals surface area contributed by atoms with Gasteiger partial charge in [0.05, 0.1) is 7.11 Å². The molecule has 1 amide bonds. The van der Waals surface area contributed by atoms with Crippen LogP contribution in [-0.2, 0) is 0 Å². The molecule has 22 heavy (non-hydrogen) atoms. The van der Waals surface area contributed by atoms with Gasteiger partial charge >= 0.3 is 0 Å². The number of rotatable bonds is 4. The first kappa shape index (κ1) is 15.3. The van der Waals surface area contributed by atoms with Crippen molar-refractivity contribution < 1.29 is 9.53 Å². The summed E-state index contributed by atoms with van der Waals surface area (Å²) in [5.74, 6) is 1.62. The molecule has 1 aromatic carbocycles. The first-order valence-corrected chi connectivity index (χ1v) is 8.12. The minimum absolute atomic E-state index is 0.112. The first-order valence-electron chi connectivity index (χ1n) is 8.12. The average Bonchev–Trinajstić information content (AvgIpc) is 3.08. The van der Waals surface area contributed by atoms with Crippen LogP contribution >= 0.6 is 0 Å². The Morgan fingerprint density at radius 2 is 2.14 bits per heavy atom. The van der Waals surface area contributed by atoms with Crippen molar-refractivity contribution in [3.63, 3.8) is 0 Å². The molecule has 1 aromatic rings. The van der Waals surface area contributed by atoms with Crippen LogP contribution in [0.4, 0.5) is 0 Å². The predicted molar refractivity (Wildman–Crippen MR) is 86.3 cm³/mol. The summed E-state index contributed by atoms with van der Waals surface area (Å²) in [5, 5.41) is 3.42. The third-order valence-electron chi connectivity index (χ3n) is 4.65. The lowest BCUT2D eigenvalue weighted by molar-refractivity contribution is 0.0620. The maximum absolute atomic E-state index is 12.6. The molecule has 0 aliphatic carbocycles. The lowest BCUT2D eigenvalue weighted by Crippen LogP contribution is -2.49. The smallest absolute Gasteiger partial charge is 0.254 e. The molecule has 5 nitrogen and oxygen atoms in total. The van der Waals surface area contributed by atoms with Crippen LogP contribution in [0.5, 0.6) is 5.75 Å². The number of carbonyl (C=O) groups is 1. The van der Waals surface area contributed by atoms with E-state index in [0.717, 1.165) is 57.5 Å². The fourth-order valence-corrected chi connectivity index (χ4v) is 3.31. The van der Waals surface area contributed by atoms with Crippen LogP contribution in [0.1, 0.15) is 16.8 Å². The molecule has 2 saturated heterocycles. The molecule has 2 fully saturated rings. The molecule has 0 bridgehead atoms. The zero-order valence-corrected chi connectivity index (χ0v) is 13.3. The van der Waals surface area contributed by atoms with Crippen molar-refractivity contribution in [1.82, 2.24) is 15.1 Å². The Morgan fingerprint density at radius 1 is 1.32 bits per heavy atom. The van der Waals surface area contributed by atoms with E-state index in [2.05, 4.69) is 10.2 Å². The Balaban J connectivity index is 1.52. The summed E-state index contributed by atoms with van der Waals surface area (Å²) >= 11 is 0. The van der Waals surface area contributed by atoms with Gasteiger partial charge in [-0.15, -0.1) is 0 Å². The van der Waals surface area contributed by atoms with Gasteiger partial charge < -0.3 is 15.0 Å². The van der Waals surface area contributed by atoms with Crippen LogP contribution in [0.15, 0.2) is 24.3 Å². The van der Waals surface area contributed by atoms with E-state index in [-0.39, 0.29) is 5.91 Å². The summed E-state index contributed by atoms with van der Waals surface area (Å²) < 4.78 is 5.20. The number of hydrogen-bond donors (Lipinski definition) is 1.